The fourth-order valence-electron chi connectivity index (χ4n) is 2.71. The SMILES string of the molecule is CCN1CCC(CN)C1c1ccc(Br)c(Br)c1. The zero-order valence-electron chi connectivity index (χ0n) is 10.00. The van der Waals surface area contributed by atoms with Gasteiger partial charge in [-0.1, -0.05) is 13.0 Å². The third kappa shape index (κ3) is 2.75. The van der Waals surface area contributed by atoms with Crippen LogP contribution < -0.4 is 5.73 Å². The maximum Gasteiger partial charge on any atom is 0.0389 e. The number of likely N-dealkylation sites (tertiary alicyclic amines) is 1. The molecular formula is C13H18Br2N2. The van der Waals surface area contributed by atoms with Crippen molar-refractivity contribution in [3.8, 4) is 0 Å². The molecule has 1 aliphatic rings. The summed E-state index contributed by atoms with van der Waals surface area (Å²) in [5.74, 6) is 0.586. The first-order valence-electron chi connectivity index (χ1n) is 6.06. The molecule has 2 nitrogen and oxygen atoms in total. The largest absolute Gasteiger partial charge is 0.330 e. The van der Waals surface area contributed by atoms with Gasteiger partial charge in [0, 0.05) is 15.0 Å². The van der Waals surface area contributed by atoms with E-state index in [1.54, 1.807) is 0 Å². The van der Waals surface area contributed by atoms with Crippen LogP contribution in [0.25, 0.3) is 0 Å². The van der Waals surface area contributed by atoms with Gasteiger partial charge in [-0.05, 0) is 81.5 Å². The zero-order valence-corrected chi connectivity index (χ0v) is 13.2. The summed E-state index contributed by atoms with van der Waals surface area (Å²) in [5, 5.41) is 0. The van der Waals surface area contributed by atoms with Crippen molar-refractivity contribution in [3.63, 3.8) is 0 Å². The number of benzene rings is 1. The predicted molar refractivity (Wildman–Crippen MR) is 79.0 cm³/mol. The molecule has 4 heteroatoms. The number of hydrogen-bond donors (Lipinski definition) is 1. The lowest BCUT2D eigenvalue weighted by atomic mass is 9.94. The fourth-order valence-corrected chi connectivity index (χ4v) is 3.35. The Morgan fingerprint density at radius 2 is 2.12 bits per heavy atom. The topological polar surface area (TPSA) is 29.3 Å². The second-order valence-electron chi connectivity index (χ2n) is 4.53. The van der Waals surface area contributed by atoms with Gasteiger partial charge in [0.05, 0.1) is 0 Å². The van der Waals surface area contributed by atoms with E-state index in [2.05, 4.69) is 61.9 Å². The van der Waals surface area contributed by atoms with Crippen molar-refractivity contribution >= 4 is 31.9 Å². The Balaban J connectivity index is 2.31. The molecule has 2 rings (SSSR count). The van der Waals surface area contributed by atoms with Crippen LogP contribution in [0.5, 0.6) is 0 Å². The average molecular weight is 362 g/mol. The van der Waals surface area contributed by atoms with Crippen LogP contribution in [-0.4, -0.2) is 24.5 Å². The number of halogens is 2. The van der Waals surface area contributed by atoms with Crippen molar-refractivity contribution in [1.82, 2.24) is 4.90 Å². The van der Waals surface area contributed by atoms with E-state index in [1.165, 1.54) is 12.0 Å². The molecule has 2 unspecified atom stereocenters. The molecule has 0 saturated carbocycles. The number of hydrogen-bond acceptors (Lipinski definition) is 2. The van der Waals surface area contributed by atoms with Crippen LogP contribution in [0.4, 0.5) is 0 Å². The molecule has 0 aromatic heterocycles. The minimum Gasteiger partial charge on any atom is -0.330 e. The van der Waals surface area contributed by atoms with E-state index in [-0.39, 0.29) is 0 Å². The molecule has 1 fully saturated rings. The van der Waals surface area contributed by atoms with Gasteiger partial charge >= 0.3 is 0 Å². The highest BCUT2D eigenvalue weighted by Gasteiger charge is 2.33. The third-order valence-electron chi connectivity index (χ3n) is 3.62. The van der Waals surface area contributed by atoms with Crippen molar-refractivity contribution in [3.05, 3.63) is 32.7 Å². The summed E-state index contributed by atoms with van der Waals surface area (Å²) in [6, 6.07) is 7.01. The van der Waals surface area contributed by atoms with E-state index in [9.17, 15) is 0 Å². The van der Waals surface area contributed by atoms with E-state index < -0.39 is 0 Å². The molecule has 1 aromatic carbocycles. The summed E-state index contributed by atoms with van der Waals surface area (Å²) < 4.78 is 2.22. The molecule has 0 radical (unpaired) electrons. The average Bonchev–Trinajstić information content (AvgIpc) is 2.75. The minimum atomic E-state index is 0.481. The molecule has 0 bridgehead atoms. The lowest BCUT2D eigenvalue weighted by Gasteiger charge is -2.27. The van der Waals surface area contributed by atoms with Gasteiger partial charge in [-0.15, -0.1) is 0 Å². The second-order valence-corrected chi connectivity index (χ2v) is 6.24. The van der Waals surface area contributed by atoms with Crippen molar-refractivity contribution < 1.29 is 0 Å². The number of nitrogens with zero attached hydrogens (tertiary/aromatic N) is 1. The predicted octanol–water partition coefficient (Wildman–Crippen LogP) is 3.55. The van der Waals surface area contributed by atoms with Crippen molar-refractivity contribution in [2.24, 2.45) is 11.7 Å². The van der Waals surface area contributed by atoms with Crippen LogP contribution >= 0.6 is 31.9 Å². The van der Waals surface area contributed by atoms with Crippen LogP contribution in [-0.2, 0) is 0 Å². The lowest BCUT2D eigenvalue weighted by Crippen LogP contribution is -2.28. The van der Waals surface area contributed by atoms with E-state index in [0.717, 1.165) is 28.6 Å². The number of nitrogens with two attached hydrogens (primary N) is 1. The van der Waals surface area contributed by atoms with Gasteiger partial charge in [0.25, 0.3) is 0 Å². The Hall–Kier alpha value is 0.1000. The van der Waals surface area contributed by atoms with Gasteiger partial charge in [-0.3, -0.25) is 4.90 Å². The first kappa shape index (κ1) is 13.5. The Labute approximate surface area is 120 Å². The van der Waals surface area contributed by atoms with Gasteiger partial charge in [0.2, 0.25) is 0 Å². The molecule has 1 aliphatic heterocycles. The molecule has 1 saturated heterocycles. The highest BCUT2D eigenvalue weighted by atomic mass is 79.9. The standard InChI is InChI=1S/C13H18Br2N2/c1-2-17-6-5-10(8-16)13(17)9-3-4-11(14)12(15)7-9/h3-4,7,10,13H,2,5-6,8,16H2,1H3. The van der Waals surface area contributed by atoms with Crippen molar-refractivity contribution in [2.45, 2.75) is 19.4 Å². The van der Waals surface area contributed by atoms with Gasteiger partial charge < -0.3 is 5.73 Å². The first-order chi connectivity index (χ1) is 8.17. The zero-order chi connectivity index (χ0) is 12.4. The quantitative estimate of drug-likeness (QED) is 0.891. The van der Waals surface area contributed by atoms with E-state index in [0.29, 0.717) is 12.0 Å². The summed E-state index contributed by atoms with van der Waals surface area (Å²) >= 11 is 7.10. The maximum absolute atomic E-state index is 5.90. The fraction of sp³-hybridized carbons (Fsp3) is 0.538. The summed E-state index contributed by atoms with van der Waals surface area (Å²) in [7, 11) is 0. The van der Waals surface area contributed by atoms with Gasteiger partial charge in [-0.2, -0.15) is 0 Å². The Morgan fingerprint density at radius 1 is 1.35 bits per heavy atom. The van der Waals surface area contributed by atoms with E-state index in [4.69, 9.17) is 5.73 Å². The first-order valence-corrected chi connectivity index (χ1v) is 7.65. The van der Waals surface area contributed by atoms with E-state index >= 15 is 0 Å². The van der Waals surface area contributed by atoms with Crippen LogP contribution in [0.3, 0.4) is 0 Å². The van der Waals surface area contributed by atoms with E-state index in [1.807, 2.05) is 0 Å². The molecule has 1 aromatic rings. The highest BCUT2D eigenvalue weighted by molar-refractivity contribution is 9.13. The summed E-state index contributed by atoms with van der Waals surface area (Å²) in [6.45, 7) is 5.25. The Kier molecular flexibility index (Phi) is 4.64. The summed E-state index contributed by atoms with van der Waals surface area (Å²) in [5.41, 5.74) is 7.27. The van der Waals surface area contributed by atoms with Crippen molar-refractivity contribution in [1.29, 1.82) is 0 Å². The molecule has 0 amide bonds. The molecular weight excluding hydrogens is 344 g/mol. The second kappa shape index (κ2) is 5.83. The summed E-state index contributed by atoms with van der Waals surface area (Å²) in [6.07, 6.45) is 1.21. The molecule has 0 spiro atoms. The minimum absolute atomic E-state index is 0.481. The van der Waals surface area contributed by atoms with Crippen LogP contribution in [0.15, 0.2) is 27.1 Å². The number of rotatable bonds is 3. The van der Waals surface area contributed by atoms with Crippen molar-refractivity contribution in [2.75, 3.05) is 19.6 Å². The van der Waals surface area contributed by atoms with Gasteiger partial charge in [0.1, 0.15) is 0 Å². The Bertz CT molecular complexity index is 383. The van der Waals surface area contributed by atoms with Gasteiger partial charge in [-0.25, -0.2) is 0 Å². The monoisotopic (exact) mass is 360 g/mol. The lowest BCUT2D eigenvalue weighted by molar-refractivity contribution is 0.242. The van der Waals surface area contributed by atoms with Crippen LogP contribution in [0, 0.1) is 5.92 Å². The molecule has 2 N–H and O–H groups in total. The highest BCUT2D eigenvalue weighted by Crippen LogP contribution is 2.38. The smallest absolute Gasteiger partial charge is 0.0389 e. The molecule has 2 atom stereocenters. The third-order valence-corrected chi connectivity index (χ3v) is 5.50. The van der Waals surface area contributed by atoms with Gasteiger partial charge in [0.15, 0.2) is 0 Å². The Morgan fingerprint density at radius 3 is 2.71 bits per heavy atom. The normalized spacial score (nSPS) is 25.4. The summed E-state index contributed by atoms with van der Waals surface area (Å²) in [4.78, 5) is 2.52. The van der Waals surface area contributed by atoms with Crippen LogP contribution in [0.2, 0.25) is 0 Å². The molecule has 17 heavy (non-hydrogen) atoms. The van der Waals surface area contributed by atoms with Crippen LogP contribution in [0.1, 0.15) is 24.9 Å². The molecule has 94 valence electrons. The molecule has 1 heterocycles. The maximum atomic E-state index is 5.90. The molecule has 0 aliphatic carbocycles.